The zero-order chi connectivity index (χ0) is 25.2. The summed E-state index contributed by atoms with van der Waals surface area (Å²) in [6.45, 7) is 3.82. The van der Waals surface area contributed by atoms with Gasteiger partial charge in [0, 0.05) is 18.2 Å². The topological polar surface area (TPSA) is 135 Å². The van der Waals surface area contributed by atoms with Crippen LogP contribution < -0.4 is 21.1 Å². The van der Waals surface area contributed by atoms with E-state index in [1.54, 1.807) is 19.2 Å². The molecule has 10 heteroatoms. The number of nitrogens with two attached hydrogens (primary N) is 1. The lowest BCUT2D eigenvalue weighted by atomic mass is 9.88. The smallest absolute Gasteiger partial charge is 0.273 e. The van der Waals surface area contributed by atoms with E-state index >= 15 is 0 Å². The number of carbonyl (C=O) groups is 2. The molecular formula is C26H29N7O3. The molecule has 2 aromatic carbocycles. The Bertz CT molecular complexity index is 1330. The molecule has 0 saturated carbocycles. The maximum Gasteiger partial charge on any atom is 0.273 e. The highest BCUT2D eigenvalue weighted by atomic mass is 16.5. The van der Waals surface area contributed by atoms with Gasteiger partial charge in [-0.25, -0.2) is 0 Å². The summed E-state index contributed by atoms with van der Waals surface area (Å²) >= 11 is 0. The molecule has 36 heavy (non-hydrogen) atoms. The van der Waals surface area contributed by atoms with Gasteiger partial charge < -0.3 is 21.1 Å². The summed E-state index contributed by atoms with van der Waals surface area (Å²) in [4.78, 5) is 31.7. The summed E-state index contributed by atoms with van der Waals surface area (Å²) in [6.07, 6.45) is 4.74. The third-order valence-corrected chi connectivity index (χ3v) is 6.89. The molecule has 1 aromatic heterocycles. The first-order chi connectivity index (χ1) is 17.4. The first-order valence-corrected chi connectivity index (χ1v) is 12.1. The Morgan fingerprint density at radius 2 is 1.97 bits per heavy atom. The van der Waals surface area contributed by atoms with Crippen LogP contribution in [-0.4, -0.2) is 51.6 Å². The fourth-order valence-corrected chi connectivity index (χ4v) is 5.00. The van der Waals surface area contributed by atoms with Crippen molar-refractivity contribution in [2.24, 2.45) is 5.73 Å². The lowest BCUT2D eigenvalue weighted by Gasteiger charge is -2.40. The van der Waals surface area contributed by atoms with Crippen molar-refractivity contribution < 1.29 is 14.3 Å². The van der Waals surface area contributed by atoms with Gasteiger partial charge in [0.25, 0.3) is 11.8 Å². The predicted molar refractivity (Wildman–Crippen MR) is 136 cm³/mol. The van der Waals surface area contributed by atoms with Gasteiger partial charge in [-0.1, -0.05) is 24.6 Å². The van der Waals surface area contributed by atoms with E-state index in [1.807, 2.05) is 19.1 Å². The number of carbonyl (C=O) groups excluding carboxylic acids is 2. The summed E-state index contributed by atoms with van der Waals surface area (Å²) in [6, 6.07) is 11.8. The molecule has 2 amide bonds. The average Bonchev–Trinajstić information content (AvgIpc) is 2.87. The third-order valence-electron chi connectivity index (χ3n) is 6.89. The van der Waals surface area contributed by atoms with Crippen LogP contribution in [0.1, 0.15) is 56.8 Å². The Labute approximate surface area is 209 Å². The number of rotatable bonds is 6. The van der Waals surface area contributed by atoms with Crippen LogP contribution >= 0.6 is 0 Å². The van der Waals surface area contributed by atoms with Crippen LogP contribution in [0.15, 0.2) is 36.4 Å². The fraction of sp³-hybridized carbons (Fsp3) is 0.346. The molecule has 10 nitrogen and oxygen atoms in total. The van der Waals surface area contributed by atoms with Gasteiger partial charge in [-0.05, 0) is 67.6 Å². The number of hydrogen-bond donors (Lipinski definition) is 3. The molecule has 186 valence electrons. The highest BCUT2D eigenvalue weighted by Gasteiger charge is 2.29. The summed E-state index contributed by atoms with van der Waals surface area (Å²) < 4.78 is 5.65. The predicted octanol–water partition coefficient (Wildman–Crippen LogP) is 3.19. The van der Waals surface area contributed by atoms with Gasteiger partial charge in [-0.15, -0.1) is 10.2 Å². The number of fused-ring (bicyclic) bond motifs is 2. The van der Waals surface area contributed by atoms with Crippen molar-refractivity contribution in [3.8, 4) is 5.75 Å². The van der Waals surface area contributed by atoms with Crippen LogP contribution in [0.25, 0.3) is 0 Å². The number of anilines is 3. The minimum absolute atomic E-state index is 0.0682. The van der Waals surface area contributed by atoms with Gasteiger partial charge in [-0.2, -0.15) is 4.98 Å². The molecule has 3 heterocycles. The summed E-state index contributed by atoms with van der Waals surface area (Å²) in [5.74, 6) is -0.578. The van der Waals surface area contributed by atoms with Crippen molar-refractivity contribution in [3.05, 3.63) is 64.3 Å². The zero-order valence-corrected chi connectivity index (χ0v) is 20.4. The standard InChI is InChI=1S/C26H29N7O3/c1-15-7-3-4-9-19(15)25(35)29-24-22(23(27)34)31-32-26(30-24)28-20-12-17-14-33-10-6-5-8-18(33)11-16(17)13-21(20)36-2/h3-4,7,9,12-13,18H,5-6,8,10-11,14H2,1-2H3,(H2,27,34)(H2,28,29,30,32,35). The first kappa shape index (κ1) is 23.7. The number of benzene rings is 2. The largest absolute Gasteiger partial charge is 0.495 e. The number of piperidine rings is 1. The minimum atomic E-state index is -0.843. The van der Waals surface area contributed by atoms with Crippen molar-refractivity contribution in [1.82, 2.24) is 20.1 Å². The van der Waals surface area contributed by atoms with E-state index in [9.17, 15) is 9.59 Å². The molecule has 0 bridgehead atoms. The van der Waals surface area contributed by atoms with Crippen LogP contribution in [0.3, 0.4) is 0 Å². The average molecular weight is 488 g/mol. The maximum absolute atomic E-state index is 12.9. The van der Waals surface area contributed by atoms with Crippen molar-refractivity contribution in [2.45, 2.75) is 45.2 Å². The molecular weight excluding hydrogens is 458 g/mol. The number of hydrogen-bond acceptors (Lipinski definition) is 8. The van der Waals surface area contributed by atoms with E-state index in [0.717, 1.165) is 25.1 Å². The van der Waals surface area contributed by atoms with Crippen molar-refractivity contribution >= 4 is 29.3 Å². The molecule has 1 saturated heterocycles. The summed E-state index contributed by atoms with van der Waals surface area (Å²) in [7, 11) is 1.62. The Balaban J connectivity index is 1.44. The number of nitrogens with one attached hydrogen (secondary N) is 2. The highest BCUT2D eigenvalue weighted by molar-refractivity contribution is 6.07. The number of aromatic nitrogens is 3. The van der Waals surface area contributed by atoms with E-state index in [4.69, 9.17) is 10.5 Å². The Morgan fingerprint density at radius 1 is 1.14 bits per heavy atom. The maximum atomic E-state index is 12.9. The van der Waals surface area contributed by atoms with Crippen LogP contribution in [0.5, 0.6) is 5.75 Å². The van der Waals surface area contributed by atoms with Gasteiger partial charge >= 0.3 is 0 Å². The number of amides is 2. The number of primary amides is 1. The van der Waals surface area contributed by atoms with Crippen molar-refractivity contribution in [3.63, 3.8) is 0 Å². The zero-order valence-electron chi connectivity index (χ0n) is 20.4. The van der Waals surface area contributed by atoms with Crippen LogP contribution in [-0.2, 0) is 13.0 Å². The second kappa shape index (κ2) is 9.90. The second-order valence-corrected chi connectivity index (χ2v) is 9.24. The van der Waals surface area contributed by atoms with Gasteiger partial charge in [0.1, 0.15) is 5.75 Å². The number of aryl methyl sites for hydroxylation is 1. The van der Waals surface area contributed by atoms with E-state index in [1.165, 1.54) is 30.4 Å². The van der Waals surface area contributed by atoms with Crippen LogP contribution in [0.4, 0.5) is 17.5 Å². The SMILES string of the molecule is COc1cc2c(cc1Nc1nnc(C(N)=O)c(NC(=O)c3ccccc3C)n1)CN1CCCCC1C2. The van der Waals surface area contributed by atoms with Gasteiger partial charge in [-0.3, -0.25) is 14.5 Å². The van der Waals surface area contributed by atoms with E-state index in [2.05, 4.69) is 42.8 Å². The Hall–Kier alpha value is -4.05. The van der Waals surface area contributed by atoms with E-state index in [-0.39, 0.29) is 17.5 Å². The lowest BCUT2D eigenvalue weighted by Crippen LogP contribution is -2.43. The van der Waals surface area contributed by atoms with E-state index < -0.39 is 11.8 Å². The van der Waals surface area contributed by atoms with Gasteiger partial charge in [0.15, 0.2) is 11.5 Å². The number of ether oxygens (including phenoxy) is 1. The number of nitrogens with zero attached hydrogens (tertiary/aromatic N) is 4. The molecule has 0 spiro atoms. The molecule has 2 aliphatic rings. The molecule has 5 rings (SSSR count). The fourth-order valence-electron chi connectivity index (χ4n) is 5.00. The monoisotopic (exact) mass is 487 g/mol. The van der Waals surface area contributed by atoms with Crippen molar-refractivity contribution in [2.75, 3.05) is 24.3 Å². The minimum Gasteiger partial charge on any atom is -0.495 e. The summed E-state index contributed by atoms with van der Waals surface area (Å²) in [5, 5.41) is 13.7. The molecule has 1 atom stereocenters. The molecule has 3 aromatic rings. The molecule has 1 unspecified atom stereocenters. The molecule has 1 fully saturated rings. The Morgan fingerprint density at radius 3 is 2.75 bits per heavy atom. The normalized spacial score (nSPS) is 17.0. The molecule has 2 aliphatic heterocycles. The van der Waals surface area contributed by atoms with Gasteiger partial charge in [0.05, 0.1) is 12.8 Å². The van der Waals surface area contributed by atoms with Crippen LogP contribution in [0.2, 0.25) is 0 Å². The second-order valence-electron chi connectivity index (χ2n) is 9.24. The molecule has 4 N–H and O–H groups in total. The van der Waals surface area contributed by atoms with Gasteiger partial charge in [0.2, 0.25) is 5.95 Å². The Kier molecular flexibility index (Phi) is 6.51. The molecule has 0 aliphatic carbocycles. The lowest BCUT2D eigenvalue weighted by molar-refractivity contribution is 0.0995. The van der Waals surface area contributed by atoms with Crippen LogP contribution in [0, 0.1) is 6.92 Å². The van der Waals surface area contributed by atoms with Crippen molar-refractivity contribution in [1.29, 1.82) is 0 Å². The number of methoxy groups -OCH3 is 1. The highest BCUT2D eigenvalue weighted by Crippen LogP contribution is 2.36. The molecule has 0 radical (unpaired) electrons. The first-order valence-electron chi connectivity index (χ1n) is 12.1. The van der Waals surface area contributed by atoms with E-state index in [0.29, 0.717) is 23.0 Å². The summed E-state index contributed by atoms with van der Waals surface area (Å²) in [5.41, 5.74) is 9.66. The third kappa shape index (κ3) is 4.72. The quantitative estimate of drug-likeness (QED) is 0.482.